The highest BCUT2D eigenvalue weighted by Gasteiger charge is 2.25. The minimum atomic E-state index is -0.368. The Labute approximate surface area is 182 Å². The smallest absolute Gasteiger partial charge is 0.319 e. The molecule has 2 fully saturated rings. The van der Waals surface area contributed by atoms with E-state index in [4.69, 9.17) is 11.6 Å². The van der Waals surface area contributed by atoms with Gasteiger partial charge in [-0.25, -0.2) is 4.79 Å². The first-order valence-corrected chi connectivity index (χ1v) is 11.2. The second kappa shape index (κ2) is 10.7. The number of nitrogens with one attached hydrogen (secondary N) is 3. The fraction of sp³-hybridized carbons (Fsp3) is 0.591. The van der Waals surface area contributed by atoms with Gasteiger partial charge in [0, 0.05) is 37.8 Å². The number of halogens is 1. The van der Waals surface area contributed by atoms with Crippen LogP contribution in [0.5, 0.6) is 0 Å². The van der Waals surface area contributed by atoms with E-state index < -0.39 is 0 Å². The van der Waals surface area contributed by atoms with Gasteiger partial charge >= 0.3 is 6.03 Å². The number of urea groups is 1. The fourth-order valence-corrected chi connectivity index (χ4v) is 4.01. The molecule has 7 nitrogen and oxygen atoms in total. The summed E-state index contributed by atoms with van der Waals surface area (Å²) in [7, 11) is 1.83. The Morgan fingerprint density at radius 2 is 1.83 bits per heavy atom. The third-order valence-electron chi connectivity index (χ3n) is 5.71. The molecular formula is C22H31ClN4O3. The molecule has 30 heavy (non-hydrogen) atoms. The SMILES string of the molecule is CN(C(=O)c1ccc(NC(=O)NCCCC(=O)NC2CC2)cc1Cl)C1CCCCC1. The molecule has 0 saturated heterocycles. The van der Waals surface area contributed by atoms with Crippen LogP contribution in [0.25, 0.3) is 0 Å². The summed E-state index contributed by atoms with van der Waals surface area (Å²) in [5.41, 5.74) is 0.957. The van der Waals surface area contributed by atoms with Gasteiger partial charge in [-0.05, 0) is 50.3 Å². The van der Waals surface area contributed by atoms with Crippen molar-refractivity contribution >= 4 is 35.1 Å². The van der Waals surface area contributed by atoms with Crippen molar-refractivity contribution in [3.8, 4) is 0 Å². The van der Waals surface area contributed by atoms with Crippen molar-refractivity contribution < 1.29 is 14.4 Å². The predicted octanol–water partition coefficient (Wildman–Crippen LogP) is 3.93. The monoisotopic (exact) mass is 434 g/mol. The number of anilines is 1. The van der Waals surface area contributed by atoms with E-state index in [0.29, 0.717) is 41.7 Å². The van der Waals surface area contributed by atoms with Crippen molar-refractivity contribution in [2.75, 3.05) is 18.9 Å². The van der Waals surface area contributed by atoms with Crippen molar-refractivity contribution in [1.29, 1.82) is 0 Å². The molecule has 3 rings (SSSR count). The first-order chi connectivity index (χ1) is 14.4. The minimum Gasteiger partial charge on any atom is -0.353 e. The lowest BCUT2D eigenvalue weighted by Crippen LogP contribution is -2.38. The van der Waals surface area contributed by atoms with E-state index in [1.165, 1.54) is 6.42 Å². The standard InChI is InChI=1S/C22H31ClN4O3/c1-27(17-6-3-2-4-7-17)21(29)18-12-11-16(14-19(18)23)26-22(30)24-13-5-8-20(28)25-15-9-10-15/h11-12,14-15,17H,2-10,13H2,1H3,(H,25,28)(H2,24,26,30). The number of carbonyl (C=O) groups excluding carboxylic acids is 3. The topological polar surface area (TPSA) is 90.5 Å². The third kappa shape index (κ3) is 6.62. The zero-order valence-corrected chi connectivity index (χ0v) is 18.3. The maximum absolute atomic E-state index is 12.8. The molecule has 2 aliphatic carbocycles. The number of amides is 4. The van der Waals surface area contributed by atoms with Crippen molar-refractivity contribution in [3.05, 3.63) is 28.8 Å². The number of carbonyl (C=O) groups is 3. The molecule has 0 radical (unpaired) electrons. The van der Waals surface area contributed by atoms with Gasteiger partial charge in [-0.3, -0.25) is 9.59 Å². The van der Waals surface area contributed by atoms with Crippen LogP contribution >= 0.6 is 11.6 Å². The van der Waals surface area contributed by atoms with Gasteiger partial charge in [0.25, 0.3) is 5.91 Å². The van der Waals surface area contributed by atoms with Gasteiger partial charge in [-0.2, -0.15) is 0 Å². The lowest BCUT2D eigenvalue weighted by atomic mass is 9.94. The molecule has 0 atom stereocenters. The van der Waals surface area contributed by atoms with Crippen LogP contribution in [0.4, 0.5) is 10.5 Å². The molecule has 1 aromatic carbocycles. The summed E-state index contributed by atoms with van der Waals surface area (Å²) in [6.45, 7) is 0.403. The highest BCUT2D eigenvalue weighted by molar-refractivity contribution is 6.34. The van der Waals surface area contributed by atoms with E-state index in [0.717, 1.165) is 38.5 Å². The molecule has 0 heterocycles. The molecular weight excluding hydrogens is 404 g/mol. The van der Waals surface area contributed by atoms with Crippen LogP contribution in [0.15, 0.2) is 18.2 Å². The molecule has 2 aliphatic rings. The Morgan fingerprint density at radius 3 is 2.50 bits per heavy atom. The van der Waals surface area contributed by atoms with Crippen LogP contribution in [-0.2, 0) is 4.79 Å². The lowest BCUT2D eigenvalue weighted by molar-refractivity contribution is -0.121. The van der Waals surface area contributed by atoms with E-state index in [-0.39, 0.29) is 23.9 Å². The number of rotatable bonds is 8. The van der Waals surface area contributed by atoms with Gasteiger partial charge in [0.2, 0.25) is 5.91 Å². The van der Waals surface area contributed by atoms with Crippen LogP contribution in [-0.4, -0.2) is 48.4 Å². The van der Waals surface area contributed by atoms with Gasteiger partial charge in [0.1, 0.15) is 0 Å². The molecule has 164 valence electrons. The van der Waals surface area contributed by atoms with Crippen molar-refractivity contribution in [1.82, 2.24) is 15.5 Å². The molecule has 8 heteroatoms. The molecule has 2 saturated carbocycles. The minimum absolute atomic E-state index is 0.0324. The molecule has 3 N–H and O–H groups in total. The Morgan fingerprint density at radius 1 is 1.10 bits per heavy atom. The van der Waals surface area contributed by atoms with E-state index in [1.54, 1.807) is 23.1 Å². The predicted molar refractivity (Wildman–Crippen MR) is 118 cm³/mol. The van der Waals surface area contributed by atoms with E-state index in [2.05, 4.69) is 16.0 Å². The molecule has 4 amide bonds. The van der Waals surface area contributed by atoms with E-state index in [1.807, 2.05) is 7.05 Å². The average molecular weight is 435 g/mol. The normalized spacial score (nSPS) is 16.6. The maximum atomic E-state index is 12.8. The first kappa shape index (κ1) is 22.4. The van der Waals surface area contributed by atoms with Gasteiger partial charge in [-0.1, -0.05) is 30.9 Å². The lowest BCUT2D eigenvalue weighted by Gasteiger charge is -2.31. The van der Waals surface area contributed by atoms with Crippen LogP contribution in [0, 0.1) is 0 Å². The van der Waals surface area contributed by atoms with Crippen molar-refractivity contribution in [3.63, 3.8) is 0 Å². The Hall–Kier alpha value is -2.28. The van der Waals surface area contributed by atoms with Gasteiger partial charge in [0.15, 0.2) is 0 Å². The number of benzene rings is 1. The van der Waals surface area contributed by atoms with Crippen LogP contribution < -0.4 is 16.0 Å². The average Bonchev–Trinajstić information content (AvgIpc) is 3.55. The summed E-state index contributed by atoms with van der Waals surface area (Å²) >= 11 is 6.34. The summed E-state index contributed by atoms with van der Waals surface area (Å²) < 4.78 is 0. The highest BCUT2D eigenvalue weighted by Crippen LogP contribution is 2.26. The zero-order valence-electron chi connectivity index (χ0n) is 17.5. The zero-order chi connectivity index (χ0) is 21.5. The largest absolute Gasteiger partial charge is 0.353 e. The number of nitrogens with zero attached hydrogens (tertiary/aromatic N) is 1. The first-order valence-electron chi connectivity index (χ1n) is 10.8. The molecule has 0 aliphatic heterocycles. The van der Waals surface area contributed by atoms with Crippen LogP contribution in [0.3, 0.4) is 0 Å². The summed E-state index contributed by atoms with van der Waals surface area (Å²) in [5.74, 6) is -0.0580. The van der Waals surface area contributed by atoms with Crippen molar-refractivity contribution in [2.45, 2.75) is 69.9 Å². The molecule has 0 aromatic heterocycles. The van der Waals surface area contributed by atoms with E-state index in [9.17, 15) is 14.4 Å². The van der Waals surface area contributed by atoms with E-state index >= 15 is 0 Å². The fourth-order valence-electron chi connectivity index (χ4n) is 3.74. The maximum Gasteiger partial charge on any atom is 0.319 e. The summed E-state index contributed by atoms with van der Waals surface area (Å²) in [6, 6.07) is 5.17. The Balaban J connectivity index is 1.43. The molecule has 0 bridgehead atoms. The van der Waals surface area contributed by atoms with Gasteiger partial charge < -0.3 is 20.9 Å². The Kier molecular flexibility index (Phi) is 7.96. The molecule has 1 aromatic rings. The Bertz CT molecular complexity index is 776. The number of hydrogen-bond donors (Lipinski definition) is 3. The molecule has 0 spiro atoms. The second-order valence-corrected chi connectivity index (χ2v) is 8.64. The van der Waals surface area contributed by atoms with Crippen LogP contribution in [0.1, 0.15) is 68.1 Å². The highest BCUT2D eigenvalue weighted by atomic mass is 35.5. The van der Waals surface area contributed by atoms with Gasteiger partial charge in [-0.15, -0.1) is 0 Å². The van der Waals surface area contributed by atoms with Gasteiger partial charge in [0.05, 0.1) is 10.6 Å². The second-order valence-electron chi connectivity index (χ2n) is 8.23. The summed E-state index contributed by atoms with van der Waals surface area (Å²) in [4.78, 5) is 38.3. The van der Waals surface area contributed by atoms with Crippen molar-refractivity contribution in [2.24, 2.45) is 0 Å². The molecule has 0 unspecified atom stereocenters. The summed E-state index contributed by atoms with van der Waals surface area (Å²) in [5, 5.41) is 8.67. The number of hydrogen-bond acceptors (Lipinski definition) is 3. The van der Waals surface area contributed by atoms with Crippen LogP contribution in [0.2, 0.25) is 5.02 Å². The third-order valence-corrected chi connectivity index (χ3v) is 6.02. The summed E-state index contributed by atoms with van der Waals surface area (Å²) in [6.07, 6.45) is 8.70. The quantitative estimate of drug-likeness (QED) is 0.541.